The lowest BCUT2D eigenvalue weighted by Crippen LogP contribution is -2.41. The van der Waals surface area contributed by atoms with Crippen LogP contribution in [0.5, 0.6) is 0 Å². The van der Waals surface area contributed by atoms with Crippen molar-refractivity contribution in [1.29, 1.82) is 0 Å². The molecule has 0 bridgehead atoms. The highest BCUT2D eigenvalue weighted by Crippen LogP contribution is 2.28. The molecule has 1 aromatic carbocycles. The molecule has 2 rings (SSSR count). The first-order valence-corrected chi connectivity index (χ1v) is 7.68. The van der Waals surface area contributed by atoms with Crippen LogP contribution in [0.15, 0.2) is 35.3 Å². The van der Waals surface area contributed by atoms with E-state index in [0.29, 0.717) is 18.6 Å². The molecule has 1 aromatic rings. The van der Waals surface area contributed by atoms with Crippen LogP contribution in [0.25, 0.3) is 0 Å². The Morgan fingerprint density at radius 1 is 1.33 bits per heavy atom. The summed E-state index contributed by atoms with van der Waals surface area (Å²) >= 11 is 0. The van der Waals surface area contributed by atoms with Crippen LogP contribution < -0.4 is 5.32 Å². The van der Waals surface area contributed by atoms with Gasteiger partial charge in [0.2, 0.25) is 0 Å². The van der Waals surface area contributed by atoms with E-state index in [0.717, 1.165) is 25.6 Å². The average molecular weight is 289 g/mol. The van der Waals surface area contributed by atoms with E-state index in [9.17, 15) is 0 Å². The summed E-state index contributed by atoms with van der Waals surface area (Å²) in [4.78, 5) is 6.70. The van der Waals surface area contributed by atoms with Crippen LogP contribution in [0.4, 0.5) is 0 Å². The lowest BCUT2D eigenvalue weighted by atomic mass is 9.93. The molecular formula is C17H27N3O. The van der Waals surface area contributed by atoms with Gasteiger partial charge in [0.15, 0.2) is 5.96 Å². The van der Waals surface area contributed by atoms with E-state index < -0.39 is 0 Å². The molecule has 0 aliphatic carbocycles. The van der Waals surface area contributed by atoms with E-state index in [-0.39, 0.29) is 0 Å². The lowest BCUT2D eigenvalue weighted by molar-refractivity contribution is 0.125. The van der Waals surface area contributed by atoms with Gasteiger partial charge in [0, 0.05) is 26.7 Å². The van der Waals surface area contributed by atoms with Gasteiger partial charge in [-0.3, -0.25) is 4.99 Å². The Balaban J connectivity index is 1.65. The summed E-state index contributed by atoms with van der Waals surface area (Å²) in [5.74, 6) is 0.990. The van der Waals surface area contributed by atoms with E-state index in [1.54, 1.807) is 0 Å². The van der Waals surface area contributed by atoms with Gasteiger partial charge in [-0.2, -0.15) is 0 Å². The van der Waals surface area contributed by atoms with Crippen LogP contribution in [-0.4, -0.2) is 44.1 Å². The SMILES string of the molecule is CN=C(NCCOCc1ccccc1)N1CCC(C)(C)C1. The number of rotatable bonds is 5. The molecule has 4 heteroatoms. The van der Waals surface area contributed by atoms with E-state index in [1.807, 2.05) is 25.2 Å². The van der Waals surface area contributed by atoms with Gasteiger partial charge in [-0.05, 0) is 17.4 Å². The monoisotopic (exact) mass is 289 g/mol. The molecule has 0 aromatic heterocycles. The van der Waals surface area contributed by atoms with Gasteiger partial charge in [0.05, 0.1) is 13.2 Å². The molecule has 0 unspecified atom stereocenters. The number of guanidine groups is 1. The summed E-state index contributed by atoms with van der Waals surface area (Å²) < 4.78 is 5.68. The minimum Gasteiger partial charge on any atom is -0.375 e. The van der Waals surface area contributed by atoms with E-state index in [1.165, 1.54) is 12.0 Å². The second kappa shape index (κ2) is 7.46. The molecule has 1 N–H and O–H groups in total. The smallest absolute Gasteiger partial charge is 0.193 e. The minimum absolute atomic E-state index is 0.390. The van der Waals surface area contributed by atoms with Crippen LogP contribution in [-0.2, 0) is 11.3 Å². The molecular weight excluding hydrogens is 262 g/mol. The predicted molar refractivity (Wildman–Crippen MR) is 87.4 cm³/mol. The zero-order chi connectivity index (χ0) is 15.1. The molecule has 116 valence electrons. The van der Waals surface area contributed by atoms with Crippen molar-refractivity contribution >= 4 is 5.96 Å². The first-order chi connectivity index (χ1) is 10.1. The zero-order valence-electron chi connectivity index (χ0n) is 13.4. The molecule has 1 aliphatic heterocycles. The average Bonchev–Trinajstić information content (AvgIpc) is 2.84. The molecule has 1 heterocycles. The first kappa shape index (κ1) is 15.8. The number of benzene rings is 1. The maximum absolute atomic E-state index is 5.68. The largest absolute Gasteiger partial charge is 0.375 e. The van der Waals surface area contributed by atoms with Crippen LogP contribution >= 0.6 is 0 Å². The van der Waals surface area contributed by atoms with Crippen molar-refractivity contribution in [3.8, 4) is 0 Å². The maximum Gasteiger partial charge on any atom is 0.193 e. The molecule has 0 radical (unpaired) electrons. The molecule has 1 saturated heterocycles. The number of hydrogen-bond acceptors (Lipinski definition) is 2. The van der Waals surface area contributed by atoms with E-state index in [4.69, 9.17) is 4.74 Å². The number of hydrogen-bond donors (Lipinski definition) is 1. The number of likely N-dealkylation sites (tertiary alicyclic amines) is 1. The third-order valence-corrected chi connectivity index (χ3v) is 3.83. The van der Waals surface area contributed by atoms with Gasteiger partial charge in [-0.25, -0.2) is 0 Å². The van der Waals surface area contributed by atoms with Crippen molar-refractivity contribution in [2.24, 2.45) is 10.4 Å². The lowest BCUT2D eigenvalue weighted by Gasteiger charge is -2.23. The molecule has 0 amide bonds. The second-order valence-electron chi connectivity index (χ2n) is 6.35. The maximum atomic E-state index is 5.68. The second-order valence-corrected chi connectivity index (χ2v) is 6.35. The van der Waals surface area contributed by atoms with Gasteiger partial charge >= 0.3 is 0 Å². The zero-order valence-corrected chi connectivity index (χ0v) is 13.4. The summed E-state index contributed by atoms with van der Waals surface area (Å²) in [5, 5.41) is 3.39. The Bertz CT molecular complexity index is 456. The highest BCUT2D eigenvalue weighted by atomic mass is 16.5. The number of aliphatic imine (C=N–C) groups is 1. The molecule has 0 atom stereocenters. The van der Waals surface area contributed by atoms with Gasteiger partial charge in [-0.15, -0.1) is 0 Å². The third kappa shape index (κ3) is 5.05. The van der Waals surface area contributed by atoms with Crippen molar-refractivity contribution in [3.05, 3.63) is 35.9 Å². The number of ether oxygens (including phenoxy) is 1. The Morgan fingerprint density at radius 2 is 2.10 bits per heavy atom. The molecule has 21 heavy (non-hydrogen) atoms. The molecule has 1 aliphatic rings. The summed E-state index contributed by atoms with van der Waals surface area (Å²) in [6, 6.07) is 10.3. The Labute approximate surface area is 128 Å². The van der Waals surface area contributed by atoms with Crippen molar-refractivity contribution in [1.82, 2.24) is 10.2 Å². The fourth-order valence-electron chi connectivity index (χ4n) is 2.62. The standard InChI is InChI=1S/C17H27N3O/c1-17(2)9-11-20(14-17)16(18-3)19-10-12-21-13-15-7-5-4-6-8-15/h4-8H,9-14H2,1-3H3,(H,18,19). The minimum atomic E-state index is 0.390. The quantitative estimate of drug-likeness (QED) is 0.514. The van der Waals surface area contributed by atoms with Gasteiger partial charge < -0.3 is 15.0 Å². The Morgan fingerprint density at radius 3 is 2.71 bits per heavy atom. The highest BCUT2D eigenvalue weighted by molar-refractivity contribution is 5.80. The van der Waals surface area contributed by atoms with Crippen molar-refractivity contribution in [3.63, 3.8) is 0 Å². The van der Waals surface area contributed by atoms with Gasteiger partial charge in [0.25, 0.3) is 0 Å². The van der Waals surface area contributed by atoms with Crippen molar-refractivity contribution in [2.45, 2.75) is 26.9 Å². The van der Waals surface area contributed by atoms with Crippen LogP contribution in [0, 0.1) is 5.41 Å². The van der Waals surface area contributed by atoms with Crippen LogP contribution in [0.1, 0.15) is 25.8 Å². The topological polar surface area (TPSA) is 36.9 Å². The highest BCUT2D eigenvalue weighted by Gasteiger charge is 2.30. The van der Waals surface area contributed by atoms with Crippen molar-refractivity contribution in [2.75, 3.05) is 33.3 Å². The predicted octanol–water partition coefficient (Wildman–Crippen LogP) is 2.51. The first-order valence-electron chi connectivity index (χ1n) is 7.68. The Kier molecular flexibility index (Phi) is 5.62. The molecule has 0 spiro atoms. The van der Waals surface area contributed by atoms with Crippen LogP contribution in [0.3, 0.4) is 0 Å². The summed E-state index contributed by atoms with van der Waals surface area (Å²) in [5.41, 5.74) is 1.60. The molecule has 1 fully saturated rings. The van der Waals surface area contributed by atoms with E-state index in [2.05, 4.69) is 41.2 Å². The Hall–Kier alpha value is -1.55. The fraction of sp³-hybridized carbons (Fsp3) is 0.588. The van der Waals surface area contributed by atoms with Crippen molar-refractivity contribution < 1.29 is 4.74 Å². The molecule has 4 nitrogen and oxygen atoms in total. The summed E-state index contributed by atoms with van der Waals surface area (Å²) in [6.45, 7) is 8.90. The van der Waals surface area contributed by atoms with Crippen LogP contribution in [0.2, 0.25) is 0 Å². The number of nitrogens with zero attached hydrogens (tertiary/aromatic N) is 2. The van der Waals surface area contributed by atoms with Gasteiger partial charge in [0.1, 0.15) is 0 Å². The fourth-order valence-corrected chi connectivity index (χ4v) is 2.62. The van der Waals surface area contributed by atoms with Gasteiger partial charge in [-0.1, -0.05) is 44.2 Å². The number of nitrogens with one attached hydrogen (secondary N) is 1. The summed E-state index contributed by atoms with van der Waals surface area (Å²) in [6.07, 6.45) is 1.22. The molecule has 0 saturated carbocycles. The third-order valence-electron chi connectivity index (χ3n) is 3.83. The normalized spacial score (nSPS) is 18.0. The van der Waals surface area contributed by atoms with E-state index >= 15 is 0 Å². The summed E-state index contributed by atoms with van der Waals surface area (Å²) in [7, 11) is 1.85.